The fraction of sp³-hybridized carbons (Fsp3) is 0.407. The molecule has 0 radical (unpaired) electrons. The lowest BCUT2D eigenvalue weighted by Gasteiger charge is -2.27. The standard InChI is InChI=1S/C27H32N2O4/c1-6-28(7-2)12-9-13-29-24(19-10-8-11-20(16-19)32-5)23-25(30)21-14-17(3)18(4)15-22(21)33-26(23)27(29)31/h8,10-11,14-16,24H,6-7,9,12-13H2,1-5H3/t24-/m0/s1. The molecule has 1 amide bonds. The minimum Gasteiger partial charge on any atom is -0.497 e. The molecule has 1 atom stereocenters. The predicted octanol–water partition coefficient (Wildman–Crippen LogP) is 4.70. The lowest BCUT2D eigenvalue weighted by atomic mass is 9.97. The van der Waals surface area contributed by atoms with E-state index in [2.05, 4.69) is 18.7 Å². The second-order valence-corrected chi connectivity index (χ2v) is 8.66. The molecule has 0 saturated heterocycles. The first-order chi connectivity index (χ1) is 15.9. The van der Waals surface area contributed by atoms with Crippen LogP contribution >= 0.6 is 0 Å². The Bertz CT molecular complexity index is 1240. The summed E-state index contributed by atoms with van der Waals surface area (Å²) in [4.78, 5) is 31.4. The highest BCUT2D eigenvalue weighted by Gasteiger charge is 2.42. The molecule has 2 heterocycles. The van der Waals surface area contributed by atoms with Gasteiger partial charge in [-0.05, 0) is 80.9 Å². The molecule has 1 aliphatic heterocycles. The van der Waals surface area contributed by atoms with Gasteiger partial charge in [0.25, 0.3) is 5.91 Å². The van der Waals surface area contributed by atoms with Crippen molar-refractivity contribution in [1.82, 2.24) is 9.80 Å². The maximum Gasteiger partial charge on any atom is 0.290 e. The van der Waals surface area contributed by atoms with E-state index in [1.165, 1.54) is 0 Å². The summed E-state index contributed by atoms with van der Waals surface area (Å²) >= 11 is 0. The monoisotopic (exact) mass is 448 g/mol. The molecule has 0 N–H and O–H groups in total. The molecule has 0 saturated carbocycles. The Morgan fingerprint density at radius 1 is 1.06 bits per heavy atom. The zero-order chi connectivity index (χ0) is 23.7. The van der Waals surface area contributed by atoms with E-state index in [-0.39, 0.29) is 17.1 Å². The minimum atomic E-state index is -0.499. The van der Waals surface area contributed by atoms with Crippen molar-refractivity contribution in [2.45, 2.75) is 40.2 Å². The SMILES string of the molecule is CCN(CC)CCCN1C(=O)c2oc3cc(C)c(C)cc3c(=O)c2[C@@H]1c1cccc(OC)c1. The van der Waals surface area contributed by atoms with Gasteiger partial charge in [0.2, 0.25) is 5.76 Å². The number of carbonyl (C=O) groups is 1. The van der Waals surface area contributed by atoms with Crippen LogP contribution < -0.4 is 10.2 Å². The number of carbonyl (C=O) groups excluding carboxylic acids is 1. The summed E-state index contributed by atoms with van der Waals surface area (Å²) in [5.41, 5.74) is 3.64. The predicted molar refractivity (Wildman–Crippen MR) is 130 cm³/mol. The topological polar surface area (TPSA) is 63.0 Å². The van der Waals surface area contributed by atoms with Gasteiger partial charge in [0.1, 0.15) is 11.3 Å². The van der Waals surface area contributed by atoms with Gasteiger partial charge in [-0.1, -0.05) is 26.0 Å². The molecule has 1 aliphatic rings. The molecular weight excluding hydrogens is 416 g/mol. The van der Waals surface area contributed by atoms with Crippen LogP contribution in [0.2, 0.25) is 0 Å². The second kappa shape index (κ2) is 9.40. The van der Waals surface area contributed by atoms with E-state index in [0.717, 1.165) is 42.7 Å². The fourth-order valence-corrected chi connectivity index (χ4v) is 4.67. The van der Waals surface area contributed by atoms with Crippen molar-refractivity contribution in [3.8, 4) is 5.75 Å². The van der Waals surface area contributed by atoms with E-state index >= 15 is 0 Å². The molecule has 4 rings (SSSR count). The number of methoxy groups -OCH3 is 1. The maximum absolute atomic E-state index is 13.7. The molecule has 2 aromatic carbocycles. The third-order valence-electron chi connectivity index (χ3n) is 6.76. The lowest BCUT2D eigenvalue weighted by molar-refractivity contribution is 0.0720. The summed E-state index contributed by atoms with van der Waals surface area (Å²) in [5, 5.41) is 0.516. The van der Waals surface area contributed by atoms with Gasteiger partial charge in [0.15, 0.2) is 5.43 Å². The van der Waals surface area contributed by atoms with E-state index in [4.69, 9.17) is 9.15 Å². The Balaban J connectivity index is 1.84. The molecule has 6 heteroatoms. The van der Waals surface area contributed by atoms with Crippen LogP contribution in [0.4, 0.5) is 0 Å². The molecule has 174 valence electrons. The van der Waals surface area contributed by atoms with Crippen LogP contribution in [0.15, 0.2) is 45.6 Å². The number of aryl methyl sites for hydroxylation is 2. The highest BCUT2D eigenvalue weighted by molar-refractivity contribution is 5.99. The van der Waals surface area contributed by atoms with Crippen LogP contribution in [-0.4, -0.2) is 49.0 Å². The average Bonchev–Trinajstić information content (AvgIpc) is 3.10. The molecule has 0 spiro atoms. The van der Waals surface area contributed by atoms with Gasteiger partial charge in [-0.3, -0.25) is 9.59 Å². The Labute approximate surface area is 194 Å². The fourth-order valence-electron chi connectivity index (χ4n) is 4.67. The molecule has 0 aliphatic carbocycles. The van der Waals surface area contributed by atoms with Crippen LogP contribution in [0, 0.1) is 13.8 Å². The summed E-state index contributed by atoms with van der Waals surface area (Å²) in [6.07, 6.45) is 0.813. The average molecular weight is 449 g/mol. The number of amides is 1. The van der Waals surface area contributed by atoms with E-state index in [0.29, 0.717) is 28.8 Å². The molecule has 1 aromatic heterocycles. The number of nitrogens with zero attached hydrogens (tertiary/aromatic N) is 2. The van der Waals surface area contributed by atoms with E-state index in [1.807, 2.05) is 50.2 Å². The van der Waals surface area contributed by atoms with Gasteiger partial charge in [0.05, 0.1) is 24.1 Å². The minimum absolute atomic E-state index is 0.137. The van der Waals surface area contributed by atoms with Crippen molar-refractivity contribution in [3.05, 3.63) is 74.6 Å². The lowest BCUT2D eigenvalue weighted by Crippen LogP contribution is -2.33. The van der Waals surface area contributed by atoms with Gasteiger partial charge < -0.3 is 19.0 Å². The zero-order valence-electron chi connectivity index (χ0n) is 20.1. The van der Waals surface area contributed by atoms with Gasteiger partial charge in [-0.2, -0.15) is 0 Å². The Kier molecular flexibility index (Phi) is 6.56. The van der Waals surface area contributed by atoms with Crippen molar-refractivity contribution in [3.63, 3.8) is 0 Å². The van der Waals surface area contributed by atoms with Crippen LogP contribution in [0.25, 0.3) is 11.0 Å². The molecule has 0 fully saturated rings. The van der Waals surface area contributed by atoms with Crippen LogP contribution in [0.3, 0.4) is 0 Å². The Morgan fingerprint density at radius 2 is 1.79 bits per heavy atom. The number of hydrogen-bond acceptors (Lipinski definition) is 5. The van der Waals surface area contributed by atoms with Crippen LogP contribution in [0.1, 0.15) is 59.1 Å². The first kappa shape index (κ1) is 23.1. The number of rotatable bonds is 8. The molecule has 0 bridgehead atoms. The summed E-state index contributed by atoms with van der Waals surface area (Å²) in [6.45, 7) is 11.6. The quantitative estimate of drug-likeness (QED) is 0.500. The first-order valence-corrected chi connectivity index (χ1v) is 11.6. The van der Waals surface area contributed by atoms with Crippen molar-refractivity contribution < 1.29 is 13.9 Å². The molecule has 0 unspecified atom stereocenters. The van der Waals surface area contributed by atoms with Gasteiger partial charge in [-0.25, -0.2) is 0 Å². The van der Waals surface area contributed by atoms with Gasteiger partial charge >= 0.3 is 0 Å². The summed E-state index contributed by atoms with van der Waals surface area (Å²) in [5.74, 6) is 0.620. The third-order valence-corrected chi connectivity index (χ3v) is 6.76. The largest absolute Gasteiger partial charge is 0.497 e. The molecule has 6 nitrogen and oxygen atoms in total. The van der Waals surface area contributed by atoms with Gasteiger partial charge in [0, 0.05) is 6.54 Å². The van der Waals surface area contributed by atoms with Gasteiger partial charge in [-0.15, -0.1) is 0 Å². The smallest absolute Gasteiger partial charge is 0.290 e. The second-order valence-electron chi connectivity index (χ2n) is 8.66. The summed E-state index contributed by atoms with van der Waals surface area (Å²) in [7, 11) is 1.61. The van der Waals surface area contributed by atoms with Crippen molar-refractivity contribution >= 4 is 16.9 Å². The molecular formula is C27H32N2O4. The number of ether oxygens (including phenoxy) is 1. The number of benzene rings is 2. The maximum atomic E-state index is 13.7. The van der Waals surface area contributed by atoms with Crippen LogP contribution in [0.5, 0.6) is 5.75 Å². The Hall–Kier alpha value is -3.12. The van der Waals surface area contributed by atoms with Crippen molar-refractivity contribution in [2.75, 3.05) is 33.3 Å². The zero-order valence-corrected chi connectivity index (χ0v) is 20.1. The number of fused-ring (bicyclic) bond motifs is 2. The molecule has 33 heavy (non-hydrogen) atoms. The Morgan fingerprint density at radius 3 is 2.48 bits per heavy atom. The summed E-state index contributed by atoms with van der Waals surface area (Å²) in [6, 6.07) is 10.8. The highest BCUT2D eigenvalue weighted by Crippen LogP contribution is 2.39. The van der Waals surface area contributed by atoms with E-state index in [1.54, 1.807) is 12.0 Å². The third kappa shape index (κ3) is 4.15. The molecule has 3 aromatic rings. The van der Waals surface area contributed by atoms with E-state index < -0.39 is 6.04 Å². The first-order valence-electron chi connectivity index (χ1n) is 11.6. The van der Waals surface area contributed by atoms with Crippen LogP contribution in [-0.2, 0) is 0 Å². The van der Waals surface area contributed by atoms with E-state index in [9.17, 15) is 9.59 Å². The highest BCUT2D eigenvalue weighted by atomic mass is 16.5. The van der Waals surface area contributed by atoms with Crippen molar-refractivity contribution in [2.24, 2.45) is 0 Å². The number of hydrogen-bond donors (Lipinski definition) is 0. The normalized spacial score (nSPS) is 15.5. The summed E-state index contributed by atoms with van der Waals surface area (Å²) < 4.78 is 11.5. The van der Waals surface area contributed by atoms with Crippen molar-refractivity contribution in [1.29, 1.82) is 0 Å².